The summed E-state index contributed by atoms with van der Waals surface area (Å²) < 4.78 is 79.0. The van der Waals surface area contributed by atoms with E-state index in [9.17, 15) is 2.74 Å². The third kappa shape index (κ3) is 6.80. The number of fused-ring (bicyclic) bond motifs is 4. The third-order valence-corrected chi connectivity index (χ3v) is 14.2. The molecule has 0 N–H and O–H groups in total. The molecule has 1 heterocycles. The maximum Gasteiger partial charge on any atom is 0.164 e. The van der Waals surface area contributed by atoms with Crippen molar-refractivity contribution in [2.45, 2.75) is 25.1 Å². The highest BCUT2D eigenvalue weighted by Gasteiger charge is 2.46. The Balaban J connectivity index is 1.11. The van der Waals surface area contributed by atoms with Gasteiger partial charge < -0.3 is 0 Å². The van der Waals surface area contributed by atoms with Crippen LogP contribution in [0.2, 0.25) is 19.6 Å². The SMILES string of the molecule is [2H]c1c([2H])c([2H])c(-c2c([2H])c([2H])c([2H])c(-c3nc(-c4cccc(-c5ccc6c(c5)C(c5ccccc5)(c5ccc([Si](C)(C)C)cc5)c5ccccc5-6)c4)nc(-c4ccc5ccccc5c4)n3)c2[2H])c([2H])c1[2H]. The Morgan fingerprint density at radius 3 is 1.76 bits per heavy atom. The maximum absolute atomic E-state index is 9.54. The Morgan fingerprint density at radius 1 is 0.397 bits per heavy atom. The molecule has 63 heavy (non-hydrogen) atoms. The third-order valence-electron chi connectivity index (χ3n) is 12.1. The van der Waals surface area contributed by atoms with Gasteiger partial charge in [0.15, 0.2) is 17.5 Å². The molecule has 0 bridgehead atoms. The fraction of sp³-hybridized carbons (Fsp3) is 0.0678. The lowest BCUT2D eigenvalue weighted by atomic mass is 9.67. The van der Waals surface area contributed by atoms with Gasteiger partial charge in [-0.2, -0.15) is 0 Å². The Bertz CT molecular complexity index is 3830. The van der Waals surface area contributed by atoms with Crippen LogP contribution in [0.15, 0.2) is 218 Å². The molecule has 9 aromatic carbocycles. The molecule has 11 rings (SSSR count). The predicted molar refractivity (Wildman–Crippen MR) is 265 cm³/mol. The molecular weight excluding hydrogens is 779 g/mol. The molecule has 0 fully saturated rings. The summed E-state index contributed by atoms with van der Waals surface area (Å²) in [6.07, 6.45) is 0. The molecule has 1 atom stereocenters. The Kier molecular flexibility index (Phi) is 7.27. The highest BCUT2D eigenvalue weighted by molar-refractivity contribution is 6.88. The second-order valence-corrected chi connectivity index (χ2v) is 22.0. The molecule has 1 aliphatic carbocycles. The molecule has 300 valence electrons. The summed E-state index contributed by atoms with van der Waals surface area (Å²) in [5, 5.41) is 3.31. The van der Waals surface area contributed by atoms with Crippen LogP contribution in [0.5, 0.6) is 0 Å². The predicted octanol–water partition coefficient (Wildman–Crippen LogP) is 14.3. The van der Waals surface area contributed by atoms with Crippen LogP contribution in [0.1, 0.15) is 34.6 Å². The summed E-state index contributed by atoms with van der Waals surface area (Å²) in [6.45, 7) is 7.10. The monoisotopic (exact) mass is 832 g/mol. The second-order valence-electron chi connectivity index (χ2n) is 16.9. The van der Waals surface area contributed by atoms with Gasteiger partial charge in [0.25, 0.3) is 0 Å². The minimum atomic E-state index is -1.60. The van der Waals surface area contributed by atoms with E-state index in [-0.39, 0.29) is 23.0 Å². The van der Waals surface area contributed by atoms with E-state index >= 15 is 0 Å². The lowest BCUT2D eigenvalue weighted by molar-refractivity contribution is 0.769. The van der Waals surface area contributed by atoms with Gasteiger partial charge in [-0.25, -0.2) is 15.0 Å². The van der Waals surface area contributed by atoms with Crippen LogP contribution in [-0.2, 0) is 5.41 Å². The van der Waals surface area contributed by atoms with Crippen LogP contribution < -0.4 is 5.19 Å². The van der Waals surface area contributed by atoms with Gasteiger partial charge in [-0.15, -0.1) is 0 Å². The summed E-state index contributed by atoms with van der Waals surface area (Å²) in [6, 6.07) is 51.3. The van der Waals surface area contributed by atoms with Crippen LogP contribution in [0.4, 0.5) is 0 Å². The van der Waals surface area contributed by atoms with Crippen LogP contribution >= 0.6 is 0 Å². The summed E-state index contributed by atoms with van der Waals surface area (Å²) in [4.78, 5) is 14.8. The number of benzene rings is 9. The smallest absolute Gasteiger partial charge is 0.164 e. The van der Waals surface area contributed by atoms with Crippen molar-refractivity contribution in [2.24, 2.45) is 0 Å². The normalized spacial score (nSPS) is 16.3. The van der Waals surface area contributed by atoms with Crippen LogP contribution in [0, 0.1) is 0 Å². The molecule has 4 heteroatoms. The number of hydrogen-bond acceptors (Lipinski definition) is 3. The van der Waals surface area contributed by atoms with Gasteiger partial charge in [0, 0.05) is 16.7 Å². The van der Waals surface area contributed by atoms with E-state index in [1.165, 1.54) is 21.9 Å². The van der Waals surface area contributed by atoms with Gasteiger partial charge >= 0.3 is 0 Å². The topological polar surface area (TPSA) is 38.7 Å². The maximum atomic E-state index is 9.54. The lowest BCUT2D eigenvalue weighted by Crippen LogP contribution is -2.38. The van der Waals surface area contributed by atoms with E-state index in [4.69, 9.17) is 24.5 Å². The number of rotatable bonds is 8. The van der Waals surface area contributed by atoms with Crippen molar-refractivity contribution in [2.75, 3.05) is 0 Å². The molecule has 10 aromatic rings. The van der Waals surface area contributed by atoms with Gasteiger partial charge in [-0.3, -0.25) is 0 Å². The average molecular weight is 833 g/mol. The van der Waals surface area contributed by atoms with Crippen LogP contribution in [0.25, 0.3) is 78.3 Å². The van der Waals surface area contributed by atoms with Crippen molar-refractivity contribution in [1.29, 1.82) is 0 Å². The molecule has 0 radical (unpaired) electrons. The van der Waals surface area contributed by atoms with Crippen LogP contribution in [-0.4, -0.2) is 23.0 Å². The highest BCUT2D eigenvalue weighted by Crippen LogP contribution is 2.56. The van der Waals surface area contributed by atoms with Crippen molar-refractivity contribution in [3.8, 4) is 67.5 Å². The van der Waals surface area contributed by atoms with E-state index in [2.05, 4.69) is 117 Å². The first-order chi connectivity index (χ1) is 34.6. The molecule has 3 nitrogen and oxygen atoms in total. The van der Waals surface area contributed by atoms with E-state index in [0.29, 0.717) is 11.1 Å². The van der Waals surface area contributed by atoms with E-state index < -0.39 is 79.0 Å². The second kappa shape index (κ2) is 15.4. The van der Waals surface area contributed by atoms with Crippen molar-refractivity contribution < 1.29 is 12.3 Å². The lowest BCUT2D eigenvalue weighted by Gasteiger charge is -2.34. The summed E-state index contributed by atoms with van der Waals surface area (Å²) in [5.74, 6) is 0.289. The molecule has 1 unspecified atom stereocenters. The van der Waals surface area contributed by atoms with Crippen molar-refractivity contribution in [1.82, 2.24) is 15.0 Å². The van der Waals surface area contributed by atoms with Gasteiger partial charge in [0.05, 0.1) is 25.8 Å². The molecule has 0 amide bonds. The first kappa shape index (κ1) is 29.7. The fourth-order valence-corrected chi connectivity index (χ4v) is 10.2. The van der Waals surface area contributed by atoms with Crippen molar-refractivity contribution >= 4 is 24.0 Å². The standard InChI is InChI=1S/C59H45N3Si/c1-63(2,3)51-33-31-50(32-34-51)59(49-24-8-5-9-25-49)54-27-13-12-26-52(54)53-35-30-45(39-55(53)59)44-21-15-23-47(38-44)57-60-56(46-22-14-20-43(36-46)40-16-6-4-7-17-40)61-58(62-57)48-29-28-41-18-10-11-19-42(41)37-48/h4-39H,1-3H3/i4D,6D,7D,14D,16D,17D,20D,22D,36D. The van der Waals surface area contributed by atoms with E-state index in [1.807, 2.05) is 66.7 Å². The first-order valence-corrected chi connectivity index (χ1v) is 24.5. The summed E-state index contributed by atoms with van der Waals surface area (Å²) in [7, 11) is -1.60. The Morgan fingerprint density at radius 2 is 0.984 bits per heavy atom. The minimum absolute atomic E-state index is 0.145. The molecule has 0 saturated carbocycles. The molecule has 0 aliphatic heterocycles. The summed E-state index contributed by atoms with van der Waals surface area (Å²) >= 11 is 0. The zero-order valence-corrected chi connectivity index (χ0v) is 35.9. The van der Waals surface area contributed by atoms with Gasteiger partial charge in [-0.05, 0) is 90.6 Å². The molecule has 1 aromatic heterocycles. The fourth-order valence-electron chi connectivity index (χ4n) is 9.02. The first-order valence-electron chi connectivity index (χ1n) is 25.5. The molecule has 1 aliphatic rings. The molecular formula is C59H45N3Si. The molecule has 0 saturated heterocycles. The van der Waals surface area contributed by atoms with Gasteiger partial charge in [0.2, 0.25) is 0 Å². The zero-order valence-electron chi connectivity index (χ0n) is 43.9. The van der Waals surface area contributed by atoms with E-state index in [1.54, 1.807) is 0 Å². The van der Waals surface area contributed by atoms with Crippen molar-refractivity contribution in [3.63, 3.8) is 0 Å². The van der Waals surface area contributed by atoms with Gasteiger partial charge in [-0.1, -0.05) is 219 Å². The Labute approximate surface area is 383 Å². The minimum Gasteiger partial charge on any atom is -0.208 e. The molecule has 0 spiro atoms. The summed E-state index contributed by atoms with van der Waals surface area (Å²) in [5.41, 5.74) is 8.42. The number of hydrogen-bond donors (Lipinski definition) is 0. The average Bonchev–Trinajstić information content (AvgIpc) is 3.70. The van der Waals surface area contributed by atoms with Crippen LogP contribution in [0.3, 0.4) is 0 Å². The zero-order chi connectivity index (χ0) is 50.4. The van der Waals surface area contributed by atoms with E-state index in [0.717, 1.165) is 38.6 Å². The van der Waals surface area contributed by atoms with Gasteiger partial charge in [0.1, 0.15) is 0 Å². The number of nitrogens with zero attached hydrogens (tertiary/aromatic N) is 3. The highest BCUT2D eigenvalue weighted by atomic mass is 28.3. The largest absolute Gasteiger partial charge is 0.208 e. The number of aromatic nitrogens is 3. The quantitative estimate of drug-likeness (QED) is 0.143. The Hall–Kier alpha value is -7.53. The van der Waals surface area contributed by atoms with Crippen molar-refractivity contribution in [3.05, 3.63) is 240 Å².